The van der Waals surface area contributed by atoms with Gasteiger partial charge in [0.15, 0.2) is 11.5 Å². The summed E-state index contributed by atoms with van der Waals surface area (Å²) in [5.41, 5.74) is 1.54. The first-order chi connectivity index (χ1) is 12.2. The van der Waals surface area contributed by atoms with Crippen molar-refractivity contribution in [2.45, 2.75) is 13.0 Å². The molecule has 1 amide bonds. The molecule has 25 heavy (non-hydrogen) atoms. The third-order valence-electron chi connectivity index (χ3n) is 3.90. The molecule has 1 N–H and O–H groups in total. The van der Waals surface area contributed by atoms with Crippen LogP contribution in [0.4, 0.5) is 0 Å². The molecule has 0 aliphatic carbocycles. The SMILES string of the molecule is C=CCOc1ccc(C(=O)NC(C)c2ccc3c(c2)OCCO3)cc1. The molecule has 0 radical (unpaired) electrons. The van der Waals surface area contributed by atoms with E-state index in [1.165, 1.54) is 0 Å². The Kier molecular flexibility index (Phi) is 5.23. The maximum atomic E-state index is 12.4. The predicted molar refractivity (Wildman–Crippen MR) is 95.4 cm³/mol. The molecule has 130 valence electrons. The van der Waals surface area contributed by atoms with Crippen LogP contribution in [0.3, 0.4) is 0 Å². The summed E-state index contributed by atoms with van der Waals surface area (Å²) >= 11 is 0. The van der Waals surface area contributed by atoms with Gasteiger partial charge in [-0.15, -0.1) is 0 Å². The average Bonchev–Trinajstić information content (AvgIpc) is 2.66. The number of fused-ring (bicyclic) bond motifs is 1. The van der Waals surface area contributed by atoms with Gasteiger partial charge in [0.05, 0.1) is 6.04 Å². The Morgan fingerprint density at radius 3 is 2.64 bits per heavy atom. The van der Waals surface area contributed by atoms with Crippen molar-refractivity contribution < 1.29 is 19.0 Å². The maximum absolute atomic E-state index is 12.4. The fourth-order valence-corrected chi connectivity index (χ4v) is 2.55. The van der Waals surface area contributed by atoms with Crippen molar-refractivity contribution in [2.24, 2.45) is 0 Å². The van der Waals surface area contributed by atoms with Gasteiger partial charge in [0.1, 0.15) is 25.6 Å². The molecule has 2 aromatic carbocycles. The Morgan fingerprint density at radius 1 is 1.20 bits per heavy atom. The van der Waals surface area contributed by atoms with Gasteiger partial charge in [0, 0.05) is 5.56 Å². The van der Waals surface area contributed by atoms with Crippen LogP contribution in [0.25, 0.3) is 0 Å². The second kappa shape index (κ2) is 7.75. The highest BCUT2D eigenvalue weighted by Crippen LogP contribution is 2.32. The first-order valence-corrected chi connectivity index (χ1v) is 8.21. The molecular weight excluding hydrogens is 318 g/mol. The summed E-state index contributed by atoms with van der Waals surface area (Å²) in [4.78, 5) is 12.4. The summed E-state index contributed by atoms with van der Waals surface area (Å²) in [7, 11) is 0. The van der Waals surface area contributed by atoms with E-state index in [0.29, 0.717) is 36.9 Å². The van der Waals surface area contributed by atoms with Gasteiger partial charge in [-0.25, -0.2) is 0 Å². The Hall–Kier alpha value is -2.95. The lowest BCUT2D eigenvalue weighted by Gasteiger charge is -2.21. The molecule has 0 saturated carbocycles. The van der Waals surface area contributed by atoms with Crippen molar-refractivity contribution >= 4 is 5.91 Å². The minimum atomic E-state index is -0.153. The van der Waals surface area contributed by atoms with E-state index in [2.05, 4.69) is 11.9 Å². The number of benzene rings is 2. The second-order valence-electron chi connectivity index (χ2n) is 5.72. The summed E-state index contributed by atoms with van der Waals surface area (Å²) in [6, 6.07) is 12.6. The predicted octanol–water partition coefficient (Wildman–Crippen LogP) is 3.51. The second-order valence-corrected chi connectivity index (χ2v) is 5.72. The van der Waals surface area contributed by atoms with Crippen LogP contribution in [-0.2, 0) is 0 Å². The van der Waals surface area contributed by atoms with Crippen LogP contribution in [0.1, 0.15) is 28.9 Å². The van der Waals surface area contributed by atoms with Crippen LogP contribution in [0, 0.1) is 0 Å². The largest absolute Gasteiger partial charge is 0.490 e. The van der Waals surface area contributed by atoms with E-state index in [4.69, 9.17) is 14.2 Å². The fourth-order valence-electron chi connectivity index (χ4n) is 2.55. The van der Waals surface area contributed by atoms with E-state index >= 15 is 0 Å². The van der Waals surface area contributed by atoms with Crippen molar-refractivity contribution in [1.29, 1.82) is 0 Å². The van der Waals surface area contributed by atoms with E-state index in [1.807, 2.05) is 25.1 Å². The number of carbonyl (C=O) groups is 1. The van der Waals surface area contributed by atoms with E-state index in [9.17, 15) is 4.79 Å². The smallest absolute Gasteiger partial charge is 0.251 e. The van der Waals surface area contributed by atoms with E-state index in [-0.39, 0.29) is 11.9 Å². The quantitative estimate of drug-likeness (QED) is 0.818. The topological polar surface area (TPSA) is 56.8 Å². The first kappa shape index (κ1) is 16.9. The number of hydrogen-bond donors (Lipinski definition) is 1. The number of rotatable bonds is 6. The third kappa shape index (κ3) is 4.12. The zero-order chi connectivity index (χ0) is 17.6. The van der Waals surface area contributed by atoms with E-state index in [1.54, 1.807) is 30.3 Å². The molecule has 1 aliphatic rings. The lowest BCUT2D eigenvalue weighted by molar-refractivity contribution is 0.0939. The van der Waals surface area contributed by atoms with E-state index in [0.717, 1.165) is 11.3 Å². The highest BCUT2D eigenvalue weighted by atomic mass is 16.6. The minimum absolute atomic E-state index is 0.141. The average molecular weight is 339 g/mol. The molecule has 0 saturated heterocycles. The van der Waals surface area contributed by atoms with Crippen LogP contribution >= 0.6 is 0 Å². The van der Waals surface area contributed by atoms with Crippen molar-refractivity contribution in [3.63, 3.8) is 0 Å². The van der Waals surface area contributed by atoms with Gasteiger partial charge in [-0.2, -0.15) is 0 Å². The molecule has 0 spiro atoms. The van der Waals surface area contributed by atoms with Gasteiger partial charge in [0.25, 0.3) is 5.91 Å². The highest BCUT2D eigenvalue weighted by Gasteiger charge is 2.16. The third-order valence-corrected chi connectivity index (χ3v) is 3.90. The summed E-state index contributed by atoms with van der Waals surface area (Å²) in [6.07, 6.45) is 1.68. The van der Waals surface area contributed by atoms with Gasteiger partial charge < -0.3 is 19.5 Å². The molecule has 5 nitrogen and oxygen atoms in total. The van der Waals surface area contributed by atoms with Crippen LogP contribution in [0.15, 0.2) is 55.1 Å². The molecule has 1 unspecified atom stereocenters. The van der Waals surface area contributed by atoms with Crippen molar-refractivity contribution in [3.8, 4) is 17.2 Å². The van der Waals surface area contributed by atoms with Gasteiger partial charge in [0.2, 0.25) is 0 Å². The molecule has 2 aromatic rings. The van der Waals surface area contributed by atoms with E-state index < -0.39 is 0 Å². The monoisotopic (exact) mass is 339 g/mol. The number of carbonyl (C=O) groups excluding carboxylic acids is 1. The Labute approximate surface area is 147 Å². The fraction of sp³-hybridized carbons (Fsp3) is 0.250. The van der Waals surface area contributed by atoms with Gasteiger partial charge >= 0.3 is 0 Å². The number of ether oxygens (including phenoxy) is 3. The van der Waals surface area contributed by atoms with Gasteiger partial charge in [-0.05, 0) is 48.9 Å². The normalized spacial score (nSPS) is 13.6. The summed E-state index contributed by atoms with van der Waals surface area (Å²) in [6.45, 7) is 7.08. The molecule has 3 rings (SSSR count). The Balaban J connectivity index is 1.64. The lowest BCUT2D eigenvalue weighted by Crippen LogP contribution is -2.26. The first-order valence-electron chi connectivity index (χ1n) is 8.21. The lowest BCUT2D eigenvalue weighted by atomic mass is 10.1. The minimum Gasteiger partial charge on any atom is -0.490 e. The summed E-state index contributed by atoms with van der Waals surface area (Å²) < 4.78 is 16.5. The molecule has 0 aromatic heterocycles. The van der Waals surface area contributed by atoms with Crippen molar-refractivity contribution in [2.75, 3.05) is 19.8 Å². The van der Waals surface area contributed by atoms with Crippen molar-refractivity contribution in [3.05, 3.63) is 66.2 Å². The maximum Gasteiger partial charge on any atom is 0.251 e. The molecule has 0 bridgehead atoms. The standard InChI is InChI=1S/C20H21NO4/c1-3-10-23-17-7-4-15(5-8-17)20(22)21-14(2)16-6-9-18-19(13-16)25-12-11-24-18/h3-9,13-14H,1,10-12H2,2H3,(H,21,22). The van der Waals surface area contributed by atoms with Crippen LogP contribution < -0.4 is 19.5 Å². The van der Waals surface area contributed by atoms with Crippen LogP contribution in [-0.4, -0.2) is 25.7 Å². The number of nitrogens with one attached hydrogen (secondary N) is 1. The Morgan fingerprint density at radius 2 is 1.92 bits per heavy atom. The van der Waals surface area contributed by atoms with Crippen LogP contribution in [0.2, 0.25) is 0 Å². The highest BCUT2D eigenvalue weighted by molar-refractivity contribution is 5.94. The molecule has 5 heteroatoms. The zero-order valence-electron chi connectivity index (χ0n) is 14.2. The summed E-state index contributed by atoms with van der Waals surface area (Å²) in [5.74, 6) is 2.02. The van der Waals surface area contributed by atoms with Gasteiger partial charge in [-0.1, -0.05) is 18.7 Å². The molecule has 1 atom stereocenters. The molecular formula is C20H21NO4. The molecule has 1 aliphatic heterocycles. The van der Waals surface area contributed by atoms with Gasteiger partial charge in [-0.3, -0.25) is 4.79 Å². The summed E-state index contributed by atoms with van der Waals surface area (Å²) in [5, 5.41) is 2.99. The zero-order valence-corrected chi connectivity index (χ0v) is 14.2. The molecule has 0 fully saturated rings. The van der Waals surface area contributed by atoms with Crippen molar-refractivity contribution in [1.82, 2.24) is 5.32 Å². The Bertz CT molecular complexity index is 755. The number of amides is 1. The number of hydrogen-bond acceptors (Lipinski definition) is 4. The van der Waals surface area contributed by atoms with Crippen LogP contribution in [0.5, 0.6) is 17.2 Å². The molecule has 1 heterocycles.